The molecule has 3 aromatic rings. The van der Waals surface area contributed by atoms with Crippen molar-refractivity contribution >= 4 is 28.1 Å². The van der Waals surface area contributed by atoms with Crippen LogP contribution in [0.5, 0.6) is 0 Å². The number of nitrogens with one attached hydrogen (secondary N) is 1. The van der Waals surface area contributed by atoms with Crippen LogP contribution in [0.1, 0.15) is 43.5 Å². The Balaban J connectivity index is 1.63. The molecule has 9 heteroatoms. The smallest absolute Gasteiger partial charge is 0.371 e. The average molecular weight is 458 g/mol. The fraction of sp³-hybridized carbons (Fsp3) is 0.375. The van der Waals surface area contributed by atoms with E-state index in [2.05, 4.69) is 22.2 Å². The van der Waals surface area contributed by atoms with Gasteiger partial charge in [-0.25, -0.2) is 4.68 Å². The number of hydrogen-bond acceptors (Lipinski definition) is 4. The van der Waals surface area contributed by atoms with Crippen molar-refractivity contribution in [2.24, 2.45) is 0 Å². The van der Waals surface area contributed by atoms with Gasteiger partial charge in [0, 0.05) is 29.9 Å². The van der Waals surface area contributed by atoms with Gasteiger partial charge in [0.05, 0.1) is 16.6 Å². The molecule has 0 spiro atoms. The van der Waals surface area contributed by atoms with Gasteiger partial charge in [-0.05, 0) is 61.2 Å². The number of carbonyl (C=O) groups excluding carboxylic acids is 1. The Labute approximate surface area is 189 Å². The fourth-order valence-corrected chi connectivity index (χ4v) is 4.23. The molecule has 0 radical (unpaired) electrons. The van der Waals surface area contributed by atoms with Crippen molar-refractivity contribution in [2.75, 3.05) is 23.3 Å². The maximum absolute atomic E-state index is 13.2. The molecule has 6 nitrogen and oxygen atoms in total. The molecule has 4 rings (SSSR count). The van der Waals surface area contributed by atoms with E-state index in [9.17, 15) is 22.8 Å². The second-order valence-electron chi connectivity index (χ2n) is 8.48. The predicted molar refractivity (Wildman–Crippen MR) is 122 cm³/mol. The van der Waals surface area contributed by atoms with Crippen molar-refractivity contribution in [3.8, 4) is 0 Å². The minimum atomic E-state index is -4.53. The van der Waals surface area contributed by atoms with Gasteiger partial charge in [-0.1, -0.05) is 13.8 Å². The van der Waals surface area contributed by atoms with E-state index in [1.54, 1.807) is 13.8 Å². The van der Waals surface area contributed by atoms with Gasteiger partial charge >= 0.3 is 6.18 Å². The molecule has 1 amide bonds. The van der Waals surface area contributed by atoms with Gasteiger partial charge in [-0.2, -0.15) is 18.3 Å². The Morgan fingerprint density at radius 3 is 2.58 bits per heavy atom. The van der Waals surface area contributed by atoms with E-state index in [0.717, 1.165) is 53.6 Å². The molecule has 0 saturated carbocycles. The zero-order valence-electron chi connectivity index (χ0n) is 18.7. The number of fused-ring (bicyclic) bond motifs is 2. The number of anilines is 2. The van der Waals surface area contributed by atoms with Crippen molar-refractivity contribution < 1.29 is 18.0 Å². The van der Waals surface area contributed by atoms with Gasteiger partial charge in [0.25, 0.3) is 5.56 Å². The van der Waals surface area contributed by atoms with Gasteiger partial charge in [-0.15, -0.1) is 0 Å². The number of benzene rings is 2. The molecule has 33 heavy (non-hydrogen) atoms. The maximum atomic E-state index is 13.2. The highest BCUT2D eigenvalue weighted by atomic mass is 19.4. The van der Waals surface area contributed by atoms with Crippen molar-refractivity contribution in [3.05, 3.63) is 63.6 Å². The third-order valence-electron chi connectivity index (χ3n) is 5.89. The van der Waals surface area contributed by atoms with Crippen LogP contribution < -0.4 is 15.8 Å². The van der Waals surface area contributed by atoms with Gasteiger partial charge in [0.2, 0.25) is 5.91 Å². The lowest BCUT2D eigenvalue weighted by molar-refractivity contribution is -0.137. The molecule has 2 aromatic carbocycles. The molecule has 174 valence electrons. The molecule has 0 bridgehead atoms. The summed E-state index contributed by atoms with van der Waals surface area (Å²) in [6.45, 7) is 7.16. The molecule has 0 aliphatic carbocycles. The van der Waals surface area contributed by atoms with E-state index < -0.39 is 23.2 Å². The van der Waals surface area contributed by atoms with Crippen molar-refractivity contribution in [1.29, 1.82) is 0 Å². The van der Waals surface area contributed by atoms with Crippen molar-refractivity contribution in [3.63, 3.8) is 0 Å². The third-order valence-corrected chi connectivity index (χ3v) is 5.89. The second kappa shape index (κ2) is 8.53. The van der Waals surface area contributed by atoms with E-state index in [1.165, 1.54) is 0 Å². The molecule has 1 aliphatic heterocycles. The Kier molecular flexibility index (Phi) is 5.90. The van der Waals surface area contributed by atoms with Crippen molar-refractivity contribution in [1.82, 2.24) is 9.78 Å². The number of rotatable bonds is 5. The summed E-state index contributed by atoms with van der Waals surface area (Å²) in [5.41, 5.74) is 1.82. The summed E-state index contributed by atoms with van der Waals surface area (Å²) in [6.07, 6.45) is -3.63. The number of likely N-dealkylation sites (N-methyl/N-ethyl adjacent to an activating group) is 1. The zero-order valence-corrected chi connectivity index (χ0v) is 18.7. The standard InChI is InChI=1S/C24H25F3N4O2/c1-4-30-10-9-15-11-17(6-8-20(15)30)28-21(32)13-31-23(33)18-7-5-16(24(25,26)27)12-19(18)22(29-31)14(2)3/h5-8,11-12,14H,4,9-10,13H2,1-3H3,(H,28,32). The molecule has 1 N–H and O–H groups in total. The summed E-state index contributed by atoms with van der Waals surface area (Å²) in [5, 5.41) is 7.31. The molecular formula is C24H25F3N4O2. The highest BCUT2D eigenvalue weighted by Crippen LogP contribution is 2.33. The lowest BCUT2D eigenvalue weighted by Crippen LogP contribution is -2.31. The molecule has 2 heterocycles. The molecule has 0 unspecified atom stereocenters. The van der Waals surface area contributed by atoms with E-state index in [4.69, 9.17) is 0 Å². The predicted octanol–water partition coefficient (Wildman–Crippen LogP) is 4.56. The summed E-state index contributed by atoms with van der Waals surface area (Å²) in [5.74, 6) is -0.681. The van der Waals surface area contributed by atoms with Gasteiger partial charge in [0.1, 0.15) is 6.54 Å². The number of alkyl halides is 3. The number of halogens is 3. The lowest BCUT2D eigenvalue weighted by Gasteiger charge is -2.17. The number of aromatic nitrogens is 2. The van der Waals surface area contributed by atoms with E-state index in [1.807, 2.05) is 18.2 Å². The van der Waals surface area contributed by atoms with Crippen LogP contribution in [0.25, 0.3) is 10.8 Å². The first-order chi connectivity index (χ1) is 15.6. The first-order valence-corrected chi connectivity index (χ1v) is 10.9. The maximum Gasteiger partial charge on any atom is 0.416 e. The van der Waals surface area contributed by atoms with Crippen LogP contribution >= 0.6 is 0 Å². The number of amides is 1. The SMILES string of the molecule is CCN1CCc2cc(NC(=O)Cn3nc(C(C)C)c4cc(C(F)(F)F)ccc4c3=O)ccc21. The fourth-order valence-electron chi connectivity index (χ4n) is 4.23. The molecule has 1 aliphatic rings. The van der Waals surface area contributed by atoms with E-state index in [-0.39, 0.29) is 23.2 Å². The van der Waals surface area contributed by atoms with Crippen LogP contribution in [-0.4, -0.2) is 28.8 Å². The summed E-state index contributed by atoms with van der Waals surface area (Å²) in [7, 11) is 0. The number of nitrogens with zero attached hydrogens (tertiary/aromatic N) is 3. The minimum Gasteiger partial charge on any atom is -0.371 e. The molecule has 0 fully saturated rings. The normalized spacial score (nSPS) is 13.6. The average Bonchev–Trinajstić information content (AvgIpc) is 3.16. The Morgan fingerprint density at radius 1 is 1.15 bits per heavy atom. The van der Waals surface area contributed by atoms with Crippen LogP contribution in [0.15, 0.2) is 41.2 Å². The summed E-state index contributed by atoms with van der Waals surface area (Å²) >= 11 is 0. The molecular weight excluding hydrogens is 433 g/mol. The number of carbonyl (C=O) groups is 1. The topological polar surface area (TPSA) is 67.2 Å². The van der Waals surface area contributed by atoms with Gasteiger partial charge in [-0.3, -0.25) is 9.59 Å². The zero-order chi connectivity index (χ0) is 23.9. The van der Waals surface area contributed by atoms with E-state index >= 15 is 0 Å². The minimum absolute atomic E-state index is 0.103. The largest absolute Gasteiger partial charge is 0.416 e. The lowest BCUT2D eigenvalue weighted by atomic mass is 10.0. The Bertz CT molecular complexity index is 1280. The highest BCUT2D eigenvalue weighted by Gasteiger charge is 2.31. The first-order valence-electron chi connectivity index (χ1n) is 10.9. The molecule has 1 aromatic heterocycles. The van der Waals surface area contributed by atoms with Crippen LogP contribution in [0.2, 0.25) is 0 Å². The Morgan fingerprint density at radius 2 is 1.91 bits per heavy atom. The third kappa shape index (κ3) is 4.44. The Hall–Kier alpha value is -3.36. The second-order valence-corrected chi connectivity index (χ2v) is 8.48. The monoisotopic (exact) mass is 458 g/mol. The van der Waals surface area contributed by atoms with Gasteiger partial charge < -0.3 is 10.2 Å². The van der Waals surface area contributed by atoms with Crippen LogP contribution in [0.3, 0.4) is 0 Å². The molecule has 0 saturated heterocycles. The first kappa shape index (κ1) is 22.8. The molecule has 0 atom stereocenters. The summed E-state index contributed by atoms with van der Waals surface area (Å²) in [6, 6.07) is 8.70. The van der Waals surface area contributed by atoms with E-state index in [0.29, 0.717) is 11.4 Å². The van der Waals surface area contributed by atoms with Gasteiger partial charge in [0.15, 0.2) is 0 Å². The van der Waals surface area contributed by atoms with Crippen molar-refractivity contribution in [2.45, 2.75) is 45.8 Å². The summed E-state index contributed by atoms with van der Waals surface area (Å²) in [4.78, 5) is 27.9. The van der Waals surface area contributed by atoms with Crippen LogP contribution in [-0.2, 0) is 23.9 Å². The highest BCUT2D eigenvalue weighted by molar-refractivity contribution is 5.91. The van der Waals surface area contributed by atoms with Crippen LogP contribution in [0.4, 0.5) is 24.5 Å². The number of hydrogen-bond donors (Lipinski definition) is 1. The van der Waals surface area contributed by atoms with Crippen LogP contribution in [0, 0.1) is 0 Å². The summed E-state index contributed by atoms with van der Waals surface area (Å²) < 4.78 is 40.5. The quantitative estimate of drug-likeness (QED) is 0.609.